The normalized spacial score (nSPS) is 10.1. The van der Waals surface area contributed by atoms with Crippen molar-refractivity contribution in [3.05, 3.63) is 132 Å². The average molecular weight is 560 g/mol. The molecule has 0 aromatic heterocycles. The van der Waals surface area contributed by atoms with E-state index < -0.39 is 0 Å². The molecular weight excluding hydrogens is 528 g/mol. The molecule has 6 rings (SSSR count). The maximum atomic E-state index is 2.20. The smallest absolute Gasteiger partial charge is 0.156 e. The maximum absolute atomic E-state index is 2.20. The minimum absolute atomic E-state index is 0. The number of rotatable bonds is 2. The topological polar surface area (TPSA) is 0 Å². The summed E-state index contributed by atoms with van der Waals surface area (Å²) < 4.78 is 0. The first-order valence-electron chi connectivity index (χ1n) is 12.1. The largest absolute Gasteiger partial charge is 2.00 e. The molecule has 0 aliphatic heterocycles. The van der Waals surface area contributed by atoms with Crippen molar-refractivity contribution in [1.29, 1.82) is 0 Å². The molecule has 0 N–H and O–H groups in total. The van der Waals surface area contributed by atoms with Gasteiger partial charge >= 0.3 is 26.2 Å². The first kappa shape index (κ1) is 27.8. The summed E-state index contributed by atoms with van der Waals surface area (Å²) in [6.07, 6.45) is 0. The van der Waals surface area contributed by atoms with Gasteiger partial charge in [-0.2, -0.15) is 23.3 Å². The van der Waals surface area contributed by atoms with Gasteiger partial charge < -0.3 is 0 Å². The first-order valence-corrected chi connectivity index (χ1v) is 14.1. The summed E-state index contributed by atoms with van der Waals surface area (Å²) in [6, 6.07) is 42.9. The summed E-state index contributed by atoms with van der Waals surface area (Å²) in [4.78, 5) is 0. The summed E-state index contributed by atoms with van der Waals surface area (Å²) >= 11 is 0. The maximum Gasteiger partial charge on any atom is 2.00 e. The van der Waals surface area contributed by atoms with Gasteiger partial charge in [-0.15, -0.1) is 57.9 Å². The molecule has 0 fully saturated rings. The van der Waals surface area contributed by atoms with Gasteiger partial charge in [-0.3, -0.25) is 0 Å². The molecule has 176 valence electrons. The second-order valence-corrected chi connectivity index (χ2v) is 9.80. The average Bonchev–Trinajstić information content (AvgIpc) is 3.48. The molecule has 6 aromatic rings. The SMILES string of the molecule is C[Si]C.Cc1c[cH-]c2cccc(-c3ccccc3)c12.Cc1c[cH-]c2cccc(-c3ccccc3)c12.[Zr+2]. The van der Waals surface area contributed by atoms with E-state index in [1.807, 2.05) is 0 Å². The fraction of sp³-hybridized carbons (Fsp3) is 0.118. The van der Waals surface area contributed by atoms with Crippen molar-refractivity contribution in [1.82, 2.24) is 0 Å². The second-order valence-electron chi connectivity index (χ2n) is 8.80. The van der Waals surface area contributed by atoms with Gasteiger partial charge in [0.2, 0.25) is 0 Å². The quantitative estimate of drug-likeness (QED) is 0.146. The third-order valence-electron chi connectivity index (χ3n) is 6.18. The van der Waals surface area contributed by atoms with E-state index in [0.29, 0.717) is 0 Å². The minimum Gasteiger partial charge on any atom is -0.156 e. The summed E-state index contributed by atoms with van der Waals surface area (Å²) in [5, 5.41) is 5.43. The number of hydrogen-bond donors (Lipinski definition) is 0. The second kappa shape index (κ2) is 13.5. The van der Waals surface area contributed by atoms with E-state index in [-0.39, 0.29) is 26.2 Å². The van der Waals surface area contributed by atoms with Crippen LogP contribution in [0, 0.1) is 13.8 Å². The number of hydrogen-bond acceptors (Lipinski definition) is 0. The molecule has 36 heavy (non-hydrogen) atoms. The molecule has 0 bridgehead atoms. The monoisotopic (exact) mass is 558 g/mol. The van der Waals surface area contributed by atoms with Gasteiger partial charge in [0.1, 0.15) is 0 Å². The summed E-state index contributed by atoms with van der Waals surface area (Å²) in [5.41, 5.74) is 7.97. The van der Waals surface area contributed by atoms with Gasteiger partial charge in [0, 0.05) is 9.52 Å². The Morgan fingerprint density at radius 2 is 0.861 bits per heavy atom. The van der Waals surface area contributed by atoms with E-state index in [0.717, 1.165) is 9.52 Å². The molecule has 0 saturated carbocycles. The number of fused-ring (bicyclic) bond motifs is 2. The van der Waals surface area contributed by atoms with Crippen molar-refractivity contribution < 1.29 is 26.2 Å². The van der Waals surface area contributed by atoms with Crippen molar-refractivity contribution in [3.8, 4) is 22.3 Å². The van der Waals surface area contributed by atoms with Crippen LogP contribution in [-0.2, 0) is 26.2 Å². The van der Waals surface area contributed by atoms with Crippen LogP contribution >= 0.6 is 0 Å². The van der Waals surface area contributed by atoms with E-state index >= 15 is 0 Å². The molecule has 0 spiro atoms. The van der Waals surface area contributed by atoms with Gasteiger partial charge in [0.25, 0.3) is 0 Å². The molecule has 0 nitrogen and oxygen atoms in total. The molecule has 0 heterocycles. The van der Waals surface area contributed by atoms with Gasteiger partial charge in [0.05, 0.1) is 0 Å². The predicted octanol–water partition coefficient (Wildman–Crippen LogP) is 9.85. The fourth-order valence-electron chi connectivity index (χ4n) is 4.61. The van der Waals surface area contributed by atoms with Crippen LogP contribution in [0.1, 0.15) is 11.1 Å². The predicted molar refractivity (Wildman–Crippen MR) is 157 cm³/mol. The van der Waals surface area contributed by atoms with Crippen LogP contribution in [0.2, 0.25) is 13.1 Å². The minimum atomic E-state index is 0. The van der Waals surface area contributed by atoms with Crippen molar-refractivity contribution in [3.63, 3.8) is 0 Å². The van der Waals surface area contributed by atoms with Gasteiger partial charge in [0.15, 0.2) is 0 Å². The number of benzene rings is 4. The number of aryl methyl sites for hydroxylation is 2. The molecule has 2 radical (unpaired) electrons. The molecule has 0 amide bonds. The van der Waals surface area contributed by atoms with Crippen LogP contribution < -0.4 is 0 Å². The third-order valence-corrected chi connectivity index (χ3v) is 6.18. The zero-order valence-electron chi connectivity index (χ0n) is 21.5. The zero-order chi connectivity index (χ0) is 24.6. The Bertz CT molecular complexity index is 1370. The Morgan fingerprint density at radius 3 is 1.22 bits per heavy atom. The van der Waals surface area contributed by atoms with Gasteiger partial charge in [-0.25, -0.2) is 0 Å². The van der Waals surface area contributed by atoms with Crippen LogP contribution in [0.3, 0.4) is 0 Å². The van der Waals surface area contributed by atoms with Crippen LogP contribution in [-0.4, -0.2) is 9.52 Å². The van der Waals surface area contributed by atoms with E-state index in [9.17, 15) is 0 Å². The van der Waals surface area contributed by atoms with Gasteiger partial charge in [-0.1, -0.05) is 111 Å². The Kier molecular flexibility index (Phi) is 10.4. The van der Waals surface area contributed by atoms with E-state index in [1.54, 1.807) is 0 Å². The Balaban J connectivity index is 0.000000177. The standard InChI is InChI=1S/2C16H13.C2H6Si.Zr/c2*1-12-10-11-14-8-5-9-15(16(12)14)13-6-3-2-4-7-13;1-3-2;/h2*2-11H,1H3;1-2H3;/q2*-1;;+2. The van der Waals surface area contributed by atoms with E-state index in [2.05, 4.69) is 148 Å². The molecular formula is C34H32SiZr. The summed E-state index contributed by atoms with van der Waals surface area (Å²) in [7, 11) is 1.08. The summed E-state index contributed by atoms with van der Waals surface area (Å²) in [6.45, 7) is 8.66. The Hall–Kier alpha value is -2.80. The molecule has 0 aliphatic rings. The summed E-state index contributed by atoms with van der Waals surface area (Å²) in [5.74, 6) is 0. The van der Waals surface area contributed by atoms with E-state index in [1.165, 1.54) is 54.9 Å². The van der Waals surface area contributed by atoms with Crippen molar-refractivity contribution in [2.45, 2.75) is 26.9 Å². The van der Waals surface area contributed by atoms with Gasteiger partial charge in [-0.05, 0) is 11.1 Å². The molecule has 0 atom stereocenters. The van der Waals surface area contributed by atoms with Crippen molar-refractivity contribution in [2.24, 2.45) is 0 Å². The van der Waals surface area contributed by atoms with Crippen molar-refractivity contribution >= 4 is 31.1 Å². The molecule has 6 aromatic carbocycles. The van der Waals surface area contributed by atoms with Crippen LogP contribution in [0.4, 0.5) is 0 Å². The fourth-order valence-corrected chi connectivity index (χ4v) is 4.61. The molecule has 0 unspecified atom stereocenters. The van der Waals surface area contributed by atoms with E-state index in [4.69, 9.17) is 0 Å². The Morgan fingerprint density at radius 1 is 0.500 bits per heavy atom. The first-order chi connectivity index (χ1) is 17.1. The Labute approximate surface area is 237 Å². The third kappa shape index (κ3) is 6.30. The molecule has 2 heteroatoms. The molecule has 0 saturated heterocycles. The van der Waals surface area contributed by atoms with Crippen LogP contribution in [0.5, 0.6) is 0 Å². The van der Waals surface area contributed by atoms with Crippen LogP contribution in [0.25, 0.3) is 43.8 Å². The van der Waals surface area contributed by atoms with Crippen LogP contribution in [0.15, 0.2) is 121 Å². The zero-order valence-corrected chi connectivity index (χ0v) is 25.0. The molecule has 0 aliphatic carbocycles. The van der Waals surface area contributed by atoms with Crippen molar-refractivity contribution in [2.75, 3.05) is 0 Å².